The Morgan fingerprint density at radius 1 is 1.13 bits per heavy atom. The summed E-state index contributed by atoms with van der Waals surface area (Å²) in [6, 6.07) is 16.8. The lowest BCUT2D eigenvalue weighted by Crippen LogP contribution is -2.17. The van der Waals surface area contributed by atoms with E-state index in [4.69, 9.17) is 9.47 Å². The van der Waals surface area contributed by atoms with Crippen LogP contribution in [0.3, 0.4) is 0 Å². The van der Waals surface area contributed by atoms with Crippen molar-refractivity contribution < 1.29 is 14.4 Å². The van der Waals surface area contributed by atoms with Gasteiger partial charge in [-0.25, -0.2) is 0 Å². The van der Waals surface area contributed by atoms with Crippen LogP contribution in [0.2, 0.25) is 0 Å². The molecule has 3 rings (SSSR count). The van der Waals surface area contributed by atoms with Crippen molar-refractivity contribution in [1.82, 2.24) is 0 Å². The highest BCUT2D eigenvalue weighted by Gasteiger charge is 2.27. The van der Waals surface area contributed by atoms with Crippen LogP contribution in [0.4, 0.5) is 5.69 Å². The molecule has 0 aromatic heterocycles. The largest absolute Gasteiger partial charge is 0.484 e. The molecule has 1 saturated heterocycles. The van der Waals surface area contributed by atoms with Gasteiger partial charge in [0, 0.05) is 6.07 Å². The van der Waals surface area contributed by atoms with Crippen molar-refractivity contribution in [2.45, 2.75) is 18.9 Å². The molecule has 0 bridgehead atoms. The van der Waals surface area contributed by atoms with E-state index in [0.717, 1.165) is 12.8 Å². The van der Waals surface area contributed by atoms with E-state index in [0.29, 0.717) is 24.9 Å². The molecule has 2 aromatic carbocycles. The zero-order chi connectivity index (χ0) is 16.1. The van der Waals surface area contributed by atoms with Gasteiger partial charge in [0.15, 0.2) is 5.75 Å². The highest BCUT2D eigenvalue weighted by molar-refractivity contribution is 5.45. The zero-order valence-corrected chi connectivity index (χ0v) is 12.8. The molecular formula is C18H19NO4. The van der Waals surface area contributed by atoms with Crippen LogP contribution in [0, 0.1) is 16.0 Å². The number of nitro benzene ring substituents is 1. The molecule has 0 radical (unpaired) electrons. The van der Waals surface area contributed by atoms with Gasteiger partial charge in [0.2, 0.25) is 0 Å². The second-order valence-electron chi connectivity index (χ2n) is 5.78. The quantitative estimate of drug-likeness (QED) is 0.603. The van der Waals surface area contributed by atoms with E-state index in [1.165, 1.54) is 11.6 Å². The van der Waals surface area contributed by atoms with Crippen molar-refractivity contribution in [3.63, 3.8) is 0 Å². The first-order valence-electron chi connectivity index (χ1n) is 7.74. The lowest BCUT2D eigenvalue weighted by molar-refractivity contribution is -0.385. The van der Waals surface area contributed by atoms with E-state index >= 15 is 0 Å². The molecule has 1 heterocycles. The Morgan fingerprint density at radius 3 is 2.65 bits per heavy atom. The van der Waals surface area contributed by atoms with Crippen LogP contribution in [-0.4, -0.2) is 24.2 Å². The first-order valence-corrected chi connectivity index (χ1v) is 7.74. The van der Waals surface area contributed by atoms with Crippen molar-refractivity contribution >= 4 is 5.69 Å². The monoisotopic (exact) mass is 313 g/mol. The van der Waals surface area contributed by atoms with Gasteiger partial charge < -0.3 is 9.47 Å². The van der Waals surface area contributed by atoms with Gasteiger partial charge in [0.25, 0.3) is 0 Å². The minimum atomic E-state index is -0.428. The van der Waals surface area contributed by atoms with E-state index in [1.54, 1.807) is 18.2 Å². The Balaban J connectivity index is 1.52. The molecule has 1 fully saturated rings. The fourth-order valence-corrected chi connectivity index (χ4v) is 2.90. The zero-order valence-electron chi connectivity index (χ0n) is 12.8. The molecule has 0 amide bonds. The number of nitrogens with zero attached hydrogens (tertiary/aromatic N) is 1. The standard InChI is InChI=1S/C18H19NO4/c20-19(21)17-8-4-5-9-18(17)23-13-16-11-15(12-22-16)10-14-6-2-1-3-7-14/h1-9,15-16H,10-13H2. The first-order chi connectivity index (χ1) is 11.2. The number of ether oxygens (including phenoxy) is 2. The smallest absolute Gasteiger partial charge is 0.310 e. The molecule has 0 N–H and O–H groups in total. The van der Waals surface area contributed by atoms with Crippen LogP contribution in [0.1, 0.15) is 12.0 Å². The summed E-state index contributed by atoms with van der Waals surface area (Å²) in [5.74, 6) is 0.768. The lowest BCUT2D eigenvalue weighted by atomic mass is 9.97. The predicted molar refractivity (Wildman–Crippen MR) is 86.6 cm³/mol. The number of rotatable bonds is 6. The van der Waals surface area contributed by atoms with Gasteiger partial charge in [-0.1, -0.05) is 42.5 Å². The number of hydrogen-bond donors (Lipinski definition) is 0. The van der Waals surface area contributed by atoms with Crippen LogP contribution >= 0.6 is 0 Å². The number of nitro groups is 1. The predicted octanol–water partition coefficient (Wildman–Crippen LogP) is 3.62. The molecule has 2 unspecified atom stereocenters. The van der Waals surface area contributed by atoms with Crippen molar-refractivity contribution in [2.24, 2.45) is 5.92 Å². The SMILES string of the molecule is O=[N+]([O-])c1ccccc1OCC1CC(Cc2ccccc2)CO1. The lowest BCUT2D eigenvalue weighted by Gasteiger charge is -2.12. The molecule has 2 atom stereocenters. The number of benzene rings is 2. The summed E-state index contributed by atoms with van der Waals surface area (Å²) in [6.07, 6.45) is 1.89. The fourth-order valence-electron chi connectivity index (χ4n) is 2.90. The molecule has 2 aromatic rings. The summed E-state index contributed by atoms with van der Waals surface area (Å²) >= 11 is 0. The van der Waals surface area contributed by atoms with Gasteiger partial charge in [0.1, 0.15) is 6.61 Å². The maximum Gasteiger partial charge on any atom is 0.310 e. The molecule has 1 aliphatic rings. The fraction of sp³-hybridized carbons (Fsp3) is 0.333. The molecule has 120 valence electrons. The van der Waals surface area contributed by atoms with Crippen molar-refractivity contribution in [1.29, 1.82) is 0 Å². The van der Waals surface area contributed by atoms with E-state index in [2.05, 4.69) is 12.1 Å². The minimum absolute atomic E-state index is 0.00803. The van der Waals surface area contributed by atoms with Crippen LogP contribution < -0.4 is 4.74 Å². The van der Waals surface area contributed by atoms with Gasteiger partial charge in [-0.2, -0.15) is 0 Å². The molecule has 5 nitrogen and oxygen atoms in total. The second kappa shape index (κ2) is 7.24. The van der Waals surface area contributed by atoms with E-state index in [-0.39, 0.29) is 11.8 Å². The van der Waals surface area contributed by atoms with Crippen LogP contribution in [-0.2, 0) is 11.2 Å². The summed E-state index contributed by atoms with van der Waals surface area (Å²) in [7, 11) is 0. The molecule has 23 heavy (non-hydrogen) atoms. The van der Waals surface area contributed by atoms with E-state index in [9.17, 15) is 10.1 Å². The highest BCUT2D eigenvalue weighted by Crippen LogP contribution is 2.28. The number of para-hydroxylation sites is 2. The van der Waals surface area contributed by atoms with Crippen molar-refractivity contribution in [2.75, 3.05) is 13.2 Å². The highest BCUT2D eigenvalue weighted by atomic mass is 16.6. The van der Waals surface area contributed by atoms with Gasteiger partial charge in [-0.05, 0) is 30.4 Å². The normalized spacial score (nSPS) is 20.3. The summed E-state index contributed by atoms with van der Waals surface area (Å²) in [5, 5.41) is 11.0. The average molecular weight is 313 g/mol. The Morgan fingerprint density at radius 2 is 1.87 bits per heavy atom. The van der Waals surface area contributed by atoms with Crippen LogP contribution in [0.15, 0.2) is 54.6 Å². The maximum absolute atomic E-state index is 11.0. The summed E-state index contributed by atoms with van der Waals surface area (Å²) < 4.78 is 11.4. The Labute approximate surface area is 135 Å². The Bertz CT molecular complexity index is 659. The van der Waals surface area contributed by atoms with Crippen LogP contribution in [0.25, 0.3) is 0 Å². The Hall–Kier alpha value is -2.40. The molecule has 1 aliphatic heterocycles. The van der Waals surface area contributed by atoms with Crippen molar-refractivity contribution in [3.8, 4) is 5.75 Å². The molecule has 0 spiro atoms. The number of hydrogen-bond acceptors (Lipinski definition) is 4. The van der Waals surface area contributed by atoms with Gasteiger partial charge in [-0.15, -0.1) is 0 Å². The van der Waals surface area contributed by atoms with Gasteiger partial charge >= 0.3 is 5.69 Å². The first kappa shape index (κ1) is 15.5. The molecule has 5 heteroatoms. The Kier molecular flexibility index (Phi) is 4.88. The third-order valence-corrected chi connectivity index (χ3v) is 4.02. The van der Waals surface area contributed by atoms with Gasteiger partial charge in [-0.3, -0.25) is 10.1 Å². The summed E-state index contributed by atoms with van der Waals surface area (Å²) in [4.78, 5) is 10.5. The second-order valence-corrected chi connectivity index (χ2v) is 5.78. The minimum Gasteiger partial charge on any atom is -0.484 e. The molecule has 0 aliphatic carbocycles. The summed E-state index contributed by atoms with van der Waals surface area (Å²) in [6.45, 7) is 1.05. The van der Waals surface area contributed by atoms with Gasteiger partial charge in [0.05, 0.1) is 17.6 Å². The topological polar surface area (TPSA) is 61.6 Å². The third kappa shape index (κ3) is 4.07. The third-order valence-electron chi connectivity index (χ3n) is 4.02. The average Bonchev–Trinajstić information content (AvgIpc) is 3.01. The molecule has 0 saturated carbocycles. The summed E-state index contributed by atoms with van der Waals surface area (Å²) in [5.41, 5.74) is 1.30. The molecular weight excluding hydrogens is 294 g/mol. The van der Waals surface area contributed by atoms with Crippen LogP contribution in [0.5, 0.6) is 5.75 Å². The van der Waals surface area contributed by atoms with Crippen molar-refractivity contribution in [3.05, 3.63) is 70.3 Å². The van der Waals surface area contributed by atoms with E-state index in [1.807, 2.05) is 18.2 Å². The van der Waals surface area contributed by atoms with E-state index < -0.39 is 4.92 Å². The maximum atomic E-state index is 11.0.